The van der Waals surface area contributed by atoms with Gasteiger partial charge in [-0.3, -0.25) is 4.79 Å². The van der Waals surface area contributed by atoms with Crippen molar-refractivity contribution in [3.8, 4) is 0 Å². The number of carbonyl (C=O) groups is 1. The van der Waals surface area contributed by atoms with Crippen LogP contribution in [0.2, 0.25) is 0 Å². The van der Waals surface area contributed by atoms with E-state index in [2.05, 4.69) is 26.1 Å². The second kappa shape index (κ2) is 19.2. The normalized spacial score (nSPS) is 13.5. The van der Waals surface area contributed by atoms with Gasteiger partial charge < -0.3 is 11.1 Å². The van der Waals surface area contributed by atoms with Gasteiger partial charge in [0.05, 0.1) is 0 Å². The summed E-state index contributed by atoms with van der Waals surface area (Å²) in [6.45, 7) is 6.59. The smallest absolute Gasteiger partial charge is 0.220 e. The molecule has 3 nitrogen and oxygen atoms in total. The SMILES string of the molecule is CCCCCCCCCCCCCC(=O)NC(CC)C(N)CCCCC. The molecule has 2 unspecified atom stereocenters. The zero-order valence-electron chi connectivity index (χ0n) is 18.2. The van der Waals surface area contributed by atoms with Crippen LogP contribution < -0.4 is 11.1 Å². The molecule has 0 aromatic rings. The number of rotatable bonds is 19. The largest absolute Gasteiger partial charge is 0.352 e. The van der Waals surface area contributed by atoms with E-state index >= 15 is 0 Å². The molecule has 0 saturated carbocycles. The number of hydrogen-bond donors (Lipinski definition) is 2. The lowest BCUT2D eigenvalue weighted by Crippen LogP contribution is -2.47. The summed E-state index contributed by atoms with van der Waals surface area (Å²) in [6, 6.07) is 0.250. The van der Waals surface area contributed by atoms with E-state index in [1.54, 1.807) is 0 Å². The van der Waals surface area contributed by atoms with Gasteiger partial charge in [0.1, 0.15) is 0 Å². The molecule has 0 aliphatic heterocycles. The Morgan fingerprint density at radius 1 is 0.731 bits per heavy atom. The van der Waals surface area contributed by atoms with E-state index in [0.29, 0.717) is 6.42 Å². The lowest BCUT2D eigenvalue weighted by Gasteiger charge is -2.24. The molecular weight excluding hydrogens is 320 g/mol. The second-order valence-electron chi connectivity index (χ2n) is 8.03. The van der Waals surface area contributed by atoms with E-state index in [1.165, 1.54) is 83.5 Å². The third-order valence-corrected chi connectivity index (χ3v) is 5.45. The van der Waals surface area contributed by atoms with Crippen LogP contribution in [0.25, 0.3) is 0 Å². The van der Waals surface area contributed by atoms with Crippen LogP contribution in [-0.4, -0.2) is 18.0 Å². The molecule has 0 aromatic heterocycles. The highest BCUT2D eigenvalue weighted by atomic mass is 16.1. The second-order valence-corrected chi connectivity index (χ2v) is 8.03. The molecule has 3 heteroatoms. The average molecular weight is 369 g/mol. The van der Waals surface area contributed by atoms with Crippen molar-refractivity contribution in [3.63, 3.8) is 0 Å². The van der Waals surface area contributed by atoms with Crippen LogP contribution in [0, 0.1) is 0 Å². The van der Waals surface area contributed by atoms with Crippen LogP contribution in [-0.2, 0) is 4.79 Å². The first-order valence-electron chi connectivity index (χ1n) is 11.7. The molecule has 0 radical (unpaired) electrons. The number of unbranched alkanes of at least 4 members (excludes halogenated alkanes) is 12. The molecule has 0 spiro atoms. The number of carbonyl (C=O) groups excluding carboxylic acids is 1. The Kier molecular flexibility index (Phi) is 18.8. The highest BCUT2D eigenvalue weighted by molar-refractivity contribution is 5.76. The van der Waals surface area contributed by atoms with Gasteiger partial charge in [0.25, 0.3) is 0 Å². The van der Waals surface area contributed by atoms with E-state index in [1.807, 2.05) is 0 Å². The standard InChI is InChI=1S/C23H48N2O/c1-4-7-9-10-11-12-13-14-15-16-18-20-23(26)25-22(6-3)21(24)19-17-8-5-2/h21-22H,4-20,24H2,1-3H3,(H,25,26). The van der Waals surface area contributed by atoms with Crippen LogP contribution in [0.4, 0.5) is 0 Å². The van der Waals surface area contributed by atoms with Crippen LogP contribution in [0.3, 0.4) is 0 Å². The summed E-state index contributed by atoms with van der Waals surface area (Å²) in [5.41, 5.74) is 6.26. The maximum Gasteiger partial charge on any atom is 0.220 e. The first-order valence-corrected chi connectivity index (χ1v) is 11.7. The van der Waals surface area contributed by atoms with E-state index in [0.717, 1.165) is 19.3 Å². The summed E-state index contributed by atoms with van der Waals surface area (Å²) in [4.78, 5) is 12.1. The molecule has 0 bridgehead atoms. The zero-order chi connectivity index (χ0) is 19.5. The highest BCUT2D eigenvalue weighted by Crippen LogP contribution is 2.12. The van der Waals surface area contributed by atoms with Crippen LogP contribution in [0.1, 0.15) is 130 Å². The van der Waals surface area contributed by atoms with Crippen molar-refractivity contribution in [2.24, 2.45) is 5.73 Å². The number of nitrogens with one attached hydrogen (secondary N) is 1. The van der Waals surface area contributed by atoms with Gasteiger partial charge in [0.15, 0.2) is 0 Å². The first kappa shape index (κ1) is 25.4. The van der Waals surface area contributed by atoms with E-state index < -0.39 is 0 Å². The number of nitrogens with two attached hydrogens (primary N) is 1. The third kappa shape index (κ3) is 15.7. The molecule has 0 aromatic carbocycles. The Balaban J connectivity index is 3.57. The van der Waals surface area contributed by atoms with Gasteiger partial charge in [-0.25, -0.2) is 0 Å². The molecule has 26 heavy (non-hydrogen) atoms. The molecule has 0 heterocycles. The Hall–Kier alpha value is -0.570. The Bertz CT molecular complexity index is 307. The fourth-order valence-corrected chi connectivity index (χ4v) is 3.57. The summed E-state index contributed by atoms with van der Waals surface area (Å²) in [7, 11) is 0. The molecule has 3 N–H and O–H groups in total. The minimum absolute atomic E-state index is 0.104. The van der Waals surface area contributed by atoms with Crippen LogP contribution >= 0.6 is 0 Å². The van der Waals surface area contributed by atoms with Crippen molar-refractivity contribution < 1.29 is 4.79 Å². The van der Waals surface area contributed by atoms with Gasteiger partial charge in [0, 0.05) is 18.5 Å². The lowest BCUT2D eigenvalue weighted by molar-refractivity contribution is -0.122. The van der Waals surface area contributed by atoms with Crippen molar-refractivity contribution >= 4 is 5.91 Å². The molecule has 0 fully saturated rings. The lowest BCUT2D eigenvalue weighted by atomic mass is 9.99. The summed E-state index contributed by atoms with van der Waals surface area (Å²) in [6.07, 6.45) is 20.7. The minimum Gasteiger partial charge on any atom is -0.352 e. The van der Waals surface area contributed by atoms with Crippen molar-refractivity contribution in [1.82, 2.24) is 5.32 Å². The Labute approximate surface area is 164 Å². The highest BCUT2D eigenvalue weighted by Gasteiger charge is 2.17. The van der Waals surface area contributed by atoms with Gasteiger partial charge in [-0.1, -0.05) is 104 Å². The fraction of sp³-hybridized carbons (Fsp3) is 0.957. The number of hydrogen-bond acceptors (Lipinski definition) is 2. The van der Waals surface area contributed by atoms with Gasteiger partial charge in [-0.05, 0) is 19.3 Å². The van der Waals surface area contributed by atoms with Gasteiger partial charge in [0.2, 0.25) is 5.91 Å². The Morgan fingerprint density at radius 2 is 1.19 bits per heavy atom. The fourth-order valence-electron chi connectivity index (χ4n) is 3.57. The maximum absolute atomic E-state index is 12.1. The van der Waals surface area contributed by atoms with Crippen molar-refractivity contribution in [2.45, 2.75) is 142 Å². The molecule has 1 amide bonds. The van der Waals surface area contributed by atoms with Crippen LogP contribution in [0.5, 0.6) is 0 Å². The quantitative estimate of drug-likeness (QED) is 0.256. The maximum atomic E-state index is 12.1. The monoisotopic (exact) mass is 368 g/mol. The topological polar surface area (TPSA) is 55.1 Å². The van der Waals surface area contributed by atoms with Gasteiger partial charge >= 0.3 is 0 Å². The van der Waals surface area contributed by atoms with E-state index in [9.17, 15) is 4.79 Å². The summed E-state index contributed by atoms with van der Waals surface area (Å²) < 4.78 is 0. The Morgan fingerprint density at radius 3 is 1.69 bits per heavy atom. The van der Waals surface area contributed by atoms with Gasteiger partial charge in [-0.15, -0.1) is 0 Å². The molecule has 2 atom stereocenters. The summed E-state index contributed by atoms with van der Waals surface area (Å²) in [5.74, 6) is 0.193. The third-order valence-electron chi connectivity index (χ3n) is 5.45. The number of amides is 1. The summed E-state index contributed by atoms with van der Waals surface area (Å²) >= 11 is 0. The predicted molar refractivity (Wildman–Crippen MR) is 115 cm³/mol. The minimum atomic E-state index is 0.104. The van der Waals surface area contributed by atoms with Crippen molar-refractivity contribution in [1.29, 1.82) is 0 Å². The summed E-state index contributed by atoms with van der Waals surface area (Å²) in [5, 5.41) is 3.16. The average Bonchev–Trinajstić information content (AvgIpc) is 2.64. The molecular formula is C23H48N2O. The van der Waals surface area contributed by atoms with Crippen molar-refractivity contribution in [3.05, 3.63) is 0 Å². The van der Waals surface area contributed by atoms with Gasteiger partial charge in [-0.2, -0.15) is 0 Å². The zero-order valence-corrected chi connectivity index (χ0v) is 18.2. The van der Waals surface area contributed by atoms with E-state index in [4.69, 9.17) is 5.73 Å². The van der Waals surface area contributed by atoms with Crippen molar-refractivity contribution in [2.75, 3.05) is 0 Å². The predicted octanol–water partition coefficient (Wildman–Crippen LogP) is 6.49. The molecule has 0 rings (SSSR count). The first-order chi connectivity index (χ1) is 12.7. The molecule has 0 aliphatic carbocycles. The molecule has 0 saturated heterocycles. The van der Waals surface area contributed by atoms with Crippen LogP contribution in [0.15, 0.2) is 0 Å². The molecule has 0 aliphatic rings. The van der Waals surface area contributed by atoms with E-state index in [-0.39, 0.29) is 18.0 Å². The molecule has 156 valence electrons.